The molecule has 1 atom stereocenters. The minimum absolute atomic E-state index is 0.152. The molecular formula is C7H9IN2OS. The largest absolute Gasteiger partial charge is 0.368 e. The van der Waals surface area contributed by atoms with E-state index in [-0.39, 0.29) is 5.60 Å². The molecule has 0 aliphatic carbocycles. The number of ether oxygens (including phenoxy) is 1. The van der Waals surface area contributed by atoms with Crippen molar-refractivity contribution in [2.45, 2.75) is 25.4 Å². The fraction of sp³-hybridized carbons (Fsp3) is 0.714. The smallest absolute Gasteiger partial charge is 0.178 e. The van der Waals surface area contributed by atoms with Gasteiger partial charge >= 0.3 is 0 Å². The van der Waals surface area contributed by atoms with Gasteiger partial charge in [-0.05, 0) is 42.4 Å². The summed E-state index contributed by atoms with van der Waals surface area (Å²) in [5.41, 5.74) is -0.152. The molecule has 1 saturated heterocycles. The third-order valence-electron chi connectivity index (χ3n) is 2.07. The highest BCUT2D eigenvalue weighted by atomic mass is 127. The summed E-state index contributed by atoms with van der Waals surface area (Å²) >= 11 is 3.81. The Kier molecular flexibility index (Phi) is 2.35. The van der Waals surface area contributed by atoms with Crippen LogP contribution in [0, 0.1) is 3.01 Å². The van der Waals surface area contributed by atoms with Crippen molar-refractivity contribution >= 4 is 33.9 Å². The molecule has 0 N–H and O–H groups in total. The van der Waals surface area contributed by atoms with Crippen molar-refractivity contribution in [3.05, 3.63) is 8.02 Å². The third-order valence-corrected chi connectivity index (χ3v) is 3.90. The van der Waals surface area contributed by atoms with Gasteiger partial charge in [0.1, 0.15) is 10.6 Å². The molecule has 0 saturated carbocycles. The van der Waals surface area contributed by atoms with Crippen molar-refractivity contribution < 1.29 is 4.74 Å². The molecule has 1 aliphatic rings. The average Bonchev–Trinajstić information content (AvgIpc) is 2.59. The van der Waals surface area contributed by atoms with Crippen molar-refractivity contribution in [1.82, 2.24) is 10.2 Å². The summed E-state index contributed by atoms with van der Waals surface area (Å²) in [5, 5.41) is 9.11. The van der Waals surface area contributed by atoms with Crippen LogP contribution in [0.1, 0.15) is 24.8 Å². The van der Waals surface area contributed by atoms with Crippen LogP contribution in [0.15, 0.2) is 0 Å². The Morgan fingerprint density at radius 1 is 1.58 bits per heavy atom. The molecule has 12 heavy (non-hydrogen) atoms. The van der Waals surface area contributed by atoms with Gasteiger partial charge in [-0.2, -0.15) is 0 Å². The summed E-state index contributed by atoms with van der Waals surface area (Å²) in [7, 11) is 0. The van der Waals surface area contributed by atoms with Gasteiger partial charge in [-0.25, -0.2) is 0 Å². The fourth-order valence-electron chi connectivity index (χ4n) is 1.37. The highest BCUT2D eigenvalue weighted by Gasteiger charge is 2.35. The van der Waals surface area contributed by atoms with Crippen molar-refractivity contribution in [3.8, 4) is 0 Å². The van der Waals surface area contributed by atoms with E-state index in [9.17, 15) is 0 Å². The zero-order chi connectivity index (χ0) is 8.60. The Hall–Kier alpha value is 0.250. The van der Waals surface area contributed by atoms with Gasteiger partial charge in [0.25, 0.3) is 0 Å². The van der Waals surface area contributed by atoms with Gasteiger partial charge in [0.05, 0.1) is 0 Å². The summed E-state index contributed by atoms with van der Waals surface area (Å²) in [6.07, 6.45) is 2.20. The number of halogens is 1. The quantitative estimate of drug-likeness (QED) is 0.745. The van der Waals surface area contributed by atoms with Gasteiger partial charge in [0, 0.05) is 6.61 Å². The lowest BCUT2D eigenvalue weighted by Crippen LogP contribution is -2.19. The summed E-state index contributed by atoms with van der Waals surface area (Å²) in [6.45, 7) is 2.95. The summed E-state index contributed by atoms with van der Waals surface area (Å²) in [4.78, 5) is 0. The molecule has 1 unspecified atom stereocenters. The maximum Gasteiger partial charge on any atom is 0.178 e. The van der Waals surface area contributed by atoms with E-state index in [1.54, 1.807) is 11.3 Å². The van der Waals surface area contributed by atoms with Crippen LogP contribution in [0.2, 0.25) is 0 Å². The lowest BCUT2D eigenvalue weighted by molar-refractivity contribution is 0.0161. The van der Waals surface area contributed by atoms with Gasteiger partial charge in [0.15, 0.2) is 3.01 Å². The number of nitrogens with zero attached hydrogens (tertiary/aromatic N) is 2. The third kappa shape index (κ3) is 1.49. The van der Waals surface area contributed by atoms with Gasteiger partial charge in [-0.15, -0.1) is 10.2 Å². The Balaban J connectivity index is 2.28. The molecule has 3 nitrogen and oxygen atoms in total. The SMILES string of the molecule is CC1(c2nnc(I)s2)CCCO1. The van der Waals surface area contributed by atoms with Gasteiger partial charge in [-0.3, -0.25) is 0 Å². The monoisotopic (exact) mass is 296 g/mol. The molecule has 0 bridgehead atoms. The maximum absolute atomic E-state index is 5.64. The second-order valence-corrected chi connectivity index (χ2v) is 5.77. The Labute approximate surface area is 88.7 Å². The van der Waals surface area contributed by atoms with Crippen LogP contribution >= 0.6 is 33.9 Å². The highest BCUT2D eigenvalue weighted by Crippen LogP contribution is 2.36. The van der Waals surface area contributed by atoms with Gasteiger partial charge < -0.3 is 4.74 Å². The fourth-order valence-corrected chi connectivity index (χ4v) is 2.80. The van der Waals surface area contributed by atoms with E-state index < -0.39 is 0 Å². The molecule has 0 spiro atoms. The van der Waals surface area contributed by atoms with E-state index >= 15 is 0 Å². The van der Waals surface area contributed by atoms with Crippen LogP contribution in [0.25, 0.3) is 0 Å². The topological polar surface area (TPSA) is 35.0 Å². The Bertz CT molecular complexity index is 283. The van der Waals surface area contributed by atoms with Crippen LogP contribution in [0.4, 0.5) is 0 Å². The molecule has 1 aromatic heterocycles. The molecular weight excluding hydrogens is 287 g/mol. The van der Waals surface area contributed by atoms with E-state index in [2.05, 4.69) is 39.7 Å². The van der Waals surface area contributed by atoms with Gasteiger partial charge in [0.2, 0.25) is 0 Å². The first-order valence-electron chi connectivity index (χ1n) is 3.84. The van der Waals surface area contributed by atoms with Crippen LogP contribution < -0.4 is 0 Å². The minimum Gasteiger partial charge on any atom is -0.368 e. The summed E-state index contributed by atoms with van der Waals surface area (Å²) < 4.78 is 6.63. The Morgan fingerprint density at radius 3 is 2.92 bits per heavy atom. The number of rotatable bonds is 1. The molecule has 0 radical (unpaired) electrons. The van der Waals surface area contributed by atoms with E-state index in [0.717, 1.165) is 27.5 Å². The zero-order valence-corrected chi connectivity index (χ0v) is 9.68. The number of hydrogen-bond donors (Lipinski definition) is 0. The zero-order valence-electron chi connectivity index (χ0n) is 6.71. The number of aromatic nitrogens is 2. The van der Waals surface area contributed by atoms with E-state index in [4.69, 9.17) is 4.74 Å². The van der Waals surface area contributed by atoms with E-state index in [0.29, 0.717) is 0 Å². The van der Waals surface area contributed by atoms with Crippen molar-refractivity contribution in [2.24, 2.45) is 0 Å². The first-order chi connectivity index (χ1) is 5.71. The van der Waals surface area contributed by atoms with Crippen LogP contribution in [0.3, 0.4) is 0 Å². The lowest BCUT2D eigenvalue weighted by Gasteiger charge is -2.18. The first kappa shape index (κ1) is 8.83. The first-order valence-corrected chi connectivity index (χ1v) is 5.74. The normalized spacial score (nSPS) is 29.5. The predicted octanol–water partition coefficient (Wildman–Crippen LogP) is 2.17. The van der Waals surface area contributed by atoms with Crippen LogP contribution in [0.5, 0.6) is 0 Å². The van der Waals surface area contributed by atoms with Crippen LogP contribution in [-0.2, 0) is 10.3 Å². The van der Waals surface area contributed by atoms with E-state index in [1.165, 1.54) is 0 Å². The van der Waals surface area contributed by atoms with Crippen molar-refractivity contribution in [1.29, 1.82) is 0 Å². The predicted molar refractivity (Wildman–Crippen MR) is 55.2 cm³/mol. The second kappa shape index (κ2) is 3.19. The maximum atomic E-state index is 5.64. The summed E-state index contributed by atoms with van der Waals surface area (Å²) in [5.74, 6) is 0. The molecule has 66 valence electrons. The standard InChI is InChI=1S/C7H9IN2OS/c1-7(3-2-4-11-7)5-9-10-6(8)12-5/h2-4H2,1H3. The molecule has 0 amide bonds. The molecule has 1 aromatic rings. The average molecular weight is 296 g/mol. The van der Waals surface area contributed by atoms with Crippen LogP contribution in [-0.4, -0.2) is 16.8 Å². The van der Waals surface area contributed by atoms with Crippen molar-refractivity contribution in [2.75, 3.05) is 6.61 Å². The van der Waals surface area contributed by atoms with Crippen molar-refractivity contribution in [3.63, 3.8) is 0 Å². The highest BCUT2D eigenvalue weighted by molar-refractivity contribution is 14.1. The molecule has 1 aliphatic heterocycles. The second-order valence-electron chi connectivity index (χ2n) is 3.04. The molecule has 0 aromatic carbocycles. The molecule has 5 heteroatoms. The minimum atomic E-state index is -0.152. The summed E-state index contributed by atoms with van der Waals surface area (Å²) in [6, 6.07) is 0. The Morgan fingerprint density at radius 2 is 2.42 bits per heavy atom. The van der Waals surface area contributed by atoms with E-state index in [1.807, 2.05) is 0 Å². The van der Waals surface area contributed by atoms with Gasteiger partial charge in [-0.1, -0.05) is 11.3 Å². The number of hydrogen-bond acceptors (Lipinski definition) is 4. The lowest BCUT2D eigenvalue weighted by atomic mass is 10.0. The molecule has 2 heterocycles. The molecule has 2 rings (SSSR count). The molecule has 1 fully saturated rings.